The van der Waals surface area contributed by atoms with E-state index in [0.717, 1.165) is 25.4 Å². The number of carbonyl (C=O) groups excluding carboxylic acids is 1. The van der Waals surface area contributed by atoms with Gasteiger partial charge in [-0.05, 0) is 44.6 Å². The number of nitrogens with one attached hydrogen (secondary N) is 1. The molecular formula is C12H20N2O. The number of hydrogen-bond acceptors (Lipinski definition) is 2. The lowest BCUT2D eigenvalue weighted by atomic mass is 9.78. The van der Waals surface area contributed by atoms with Crippen molar-refractivity contribution in [3.8, 4) is 0 Å². The van der Waals surface area contributed by atoms with Crippen LogP contribution in [0.2, 0.25) is 0 Å². The van der Waals surface area contributed by atoms with Crippen LogP contribution in [0, 0.1) is 5.92 Å². The summed E-state index contributed by atoms with van der Waals surface area (Å²) in [5.41, 5.74) is 0. The third-order valence-corrected chi connectivity index (χ3v) is 4.40. The van der Waals surface area contributed by atoms with Crippen LogP contribution in [0.5, 0.6) is 0 Å². The van der Waals surface area contributed by atoms with Crippen LogP contribution in [0.3, 0.4) is 0 Å². The molecule has 1 unspecified atom stereocenters. The highest BCUT2D eigenvalue weighted by Crippen LogP contribution is 2.37. The van der Waals surface area contributed by atoms with Crippen LogP contribution in [0.4, 0.5) is 0 Å². The van der Waals surface area contributed by atoms with E-state index < -0.39 is 0 Å². The molecule has 3 fully saturated rings. The van der Waals surface area contributed by atoms with E-state index in [0.29, 0.717) is 11.9 Å². The van der Waals surface area contributed by atoms with Crippen LogP contribution in [-0.4, -0.2) is 36.0 Å². The summed E-state index contributed by atoms with van der Waals surface area (Å²) in [7, 11) is 0. The van der Waals surface area contributed by atoms with Crippen molar-refractivity contribution in [2.24, 2.45) is 5.92 Å². The van der Waals surface area contributed by atoms with Gasteiger partial charge in [-0.1, -0.05) is 6.42 Å². The molecular weight excluding hydrogens is 188 g/mol. The Morgan fingerprint density at radius 2 is 1.93 bits per heavy atom. The molecule has 0 radical (unpaired) electrons. The van der Waals surface area contributed by atoms with E-state index >= 15 is 0 Å². The van der Waals surface area contributed by atoms with E-state index in [-0.39, 0.29) is 6.04 Å². The highest BCUT2D eigenvalue weighted by atomic mass is 16.2. The van der Waals surface area contributed by atoms with Crippen molar-refractivity contribution < 1.29 is 4.79 Å². The summed E-state index contributed by atoms with van der Waals surface area (Å²) in [6.45, 7) is 2.04. The van der Waals surface area contributed by atoms with Gasteiger partial charge in [-0.25, -0.2) is 0 Å². The number of rotatable bonds is 2. The molecule has 0 aromatic heterocycles. The highest BCUT2D eigenvalue weighted by molar-refractivity contribution is 5.83. The Morgan fingerprint density at radius 1 is 1.13 bits per heavy atom. The molecule has 1 saturated carbocycles. The van der Waals surface area contributed by atoms with Gasteiger partial charge in [0.05, 0.1) is 6.04 Å². The molecule has 0 bridgehead atoms. The third kappa shape index (κ3) is 1.57. The van der Waals surface area contributed by atoms with Crippen molar-refractivity contribution in [1.82, 2.24) is 10.2 Å². The standard InChI is InChI=1S/C12H20N2O/c15-12(10-6-7-13-10)14-8-2-5-11(14)9-3-1-4-9/h9-11,13H,1-8H2/t10-,11?/m1/s1. The van der Waals surface area contributed by atoms with E-state index in [1.165, 1.54) is 32.1 Å². The molecule has 1 N–H and O–H groups in total. The van der Waals surface area contributed by atoms with Gasteiger partial charge in [-0.15, -0.1) is 0 Å². The zero-order chi connectivity index (χ0) is 10.3. The fourth-order valence-electron chi connectivity index (χ4n) is 3.08. The monoisotopic (exact) mass is 208 g/mol. The molecule has 2 aliphatic heterocycles. The summed E-state index contributed by atoms with van der Waals surface area (Å²) in [5, 5.41) is 3.23. The second-order valence-corrected chi connectivity index (χ2v) is 5.23. The van der Waals surface area contributed by atoms with E-state index in [4.69, 9.17) is 0 Å². The maximum absolute atomic E-state index is 12.1. The Bertz CT molecular complexity index is 258. The van der Waals surface area contributed by atoms with Gasteiger partial charge in [-0.3, -0.25) is 4.79 Å². The molecule has 2 heterocycles. The number of hydrogen-bond donors (Lipinski definition) is 1. The predicted octanol–water partition coefficient (Wildman–Crippen LogP) is 1.14. The summed E-state index contributed by atoms with van der Waals surface area (Å²) < 4.78 is 0. The smallest absolute Gasteiger partial charge is 0.240 e. The van der Waals surface area contributed by atoms with Gasteiger partial charge in [0.25, 0.3) is 0 Å². The van der Waals surface area contributed by atoms with E-state index in [2.05, 4.69) is 10.2 Å². The first kappa shape index (κ1) is 9.64. The molecule has 0 aromatic rings. The first-order valence-corrected chi connectivity index (χ1v) is 6.40. The summed E-state index contributed by atoms with van der Waals surface area (Å²) in [6.07, 6.45) is 7.61. The molecule has 2 atom stereocenters. The van der Waals surface area contributed by atoms with Gasteiger partial charge in [0.1, 0.15) is 0 Å². The maximum atomic E-state index is 12.1. The lowest BCUT2D eigenvalue weighted by molar-refractivity contribution is -0.137. The first-order chi connectivity index (χ1) is 7.36. The van der Waals surface area contributed by atoms with Crippen LogP contribution < -0.4 is 5.32 Å². The van der Waals surface area contributed by atoms with Crippen molar-refractivity contribution in [2.75, 3.05) is 13.1 Å². The molecule has 3 rings (SSSR count). The molecule has 0 spiro atoms. The Morgan fingerprint density at radius 3 is 2.47 bits per heavy atom. The van der Waals surface area contributed by atoms with Crippen LogP contribution >= 0.6 is 0 Å². The highest BCUT2D eigenvalue weighted by Gasteiger charge is 2.40. The van der Waals surface area contributed by atoms with Crippen molar-refractivity contribution in [3.05, 3.63) is 0 Å². The Balaban J connectivity index is 1.64. The predicted molar refractivity (Wildman–Crippen MR) is 58.5 cm³/mol. The molecule has 0 aromatic carbocycles. The fourth-order valence-corrected chi connectivity index (χ4v) is 3.08. The van der Waals surface area contributed by atoms with Gasteiger partial charge in [0, 0.05) is 12.6 Å². The minimum Gasteiger partial charge on any atom is -0.338 e. The average Bonchev–Trinajstić information content (AvgIpc) is 2.46. The molecule has 1 amide bonds. The van der Waals surface area contributed by atoms with Gasteiger partial charge >= 0.3 is 0 Å². The molecule has 3 heteroatoms. The summed E-state index contributed by atoms with van der Waals surface area (Å²) in [6, 6.07) is 0.749. The molecule has 3 nitrogen and oxygen atoms in total. The lowest BCUT2D eigenvalue weighted by Crippen LogP contribution is -2.56. The normalized spacial score (nSPS) is 36.1. The van der Waals surface area contributed by atoms with Gasteiger partial charge in [0.15, 0.2) is 0 Å². The number of amides is 1. The van der Waals surface area contributed by atoms with E-state index in [9.17, 15) is 4.79 Å². The second kappa shape index (κ2) is 3.78. The lowest BCUT2D eigenvalue weighted by Gasteiger charge is -2.40. The van der Waals surface area contributed by atoms with Crippen LogP contribution in [0.1, 0.15) is 38.5 Å². The zero-order valence-electron chi connectivity index (χ0n) is 9.24. The third-order valence-electron chi connectivity index (χ3n) is 4.40. The molecule has 1 aliphatic carbocycles. The Hall–Kier alpha value is -0.570. The quantitative estimate of drug-likeness (QED) is 0.738. The van der Waals surface area contributed by atoms with Crippen molar-refractivity contribution in [2.45, 2.75) is 50.6 Å². The largest absolute Gasteiger partial charge is 0.338 e. The number of carbonyl (C=O) groups is 1. The van der Waals surface area contributed by atoms with Gasteiger partial charge < -0.3 is 10.2 Å². The Kier molecular flexibility index (Phi) is 2.43. The van der Waals surface area contributed by atoms with E-state index in [1.54, 1.807) is 0 Å². The first-order valence-electron chi connectivity index (χ1n) is 6.40. The summed E-state index contributed by atoms with van der Waals surface area (Å²) in [4.78, 5) is 14.3. The van der Waals surface area contributed by atoms with Crippen molar-refractivity contribution in [1.29, 1.82) is 0 Å². The maximum Gasteiger partial charge on any atom is 0.240 e. The molecule has 2 saturated heterocycles. The number of likely N-dealkylation sites (tertiary alicyclic amines) is 1. The number of nitrogens with zero attached hydrogens (tertiary/aromatic N) is 1. The zero-order valence-corrected chi connectivity index (χ0v) is 9.24. The summed E-state index contributed by atoms with van der Waals surface area (Å²) >= 11 is 0. The van der Waals surface area contributed by atoms with E-state index in [1.807, 2.05) is 0 Å². The van der Waals surface area contributed by atoms with Crippen LogP contribution in [0.25, 0.3) is 0 Å². The van der Waals surface area contributed by atoms with Crippen LogP contribution in [-0.2, 0) is 4.79 Å². The molecule has 15 heavy (non-hydrogen) atoms. The van der Waals surface area contributed by atoms with Gasteiger partial charge in [0.2, 0.25) is 5.91 Å². The van der Waals surface area contributed by atoms with Crippen LogP contribution in [0.15, 0.2) is 0 Å². The minimum atomic E-state index is 0.158. The van der Waals surface area contributed by atoms with Crippen molar-refractivity contribution >= 4 is 5.91 Å². The minimum absolute atomic E-state index is 0.158. The summed E-state index contributed by atoms with van der Waals surface area (Å²) in [5.74, 6) is 1.21. The SMILES string of the molecule is O=C([C@H]1CCN1)N1CCCC1C1CCC1. The fraction of sp³-hybridized carbons (Fsp3) is 0.917. The Labute approximate surface area is 91.2 Å². The topological polar surface area (TPSA) is 32.3 Å². The molecule has 84 valence electrons. The van der Waals surface area contributed by atoms with Gasteiger partial charge in [-0.2, -0.15) is 0 Å². The second-order valence-electron chi connectivity index (χ2n) is 5.23. The van der Waals surface area contributed by atoms with Crippen molar-refractivity contribution in [3.63, 3.8) is 0 Å². The molecule has 3 aliphatic rings. The average molecular weight is 208 g/mol.